The van der Waals surface area contributed by atoms with Crippen molar-refractivity contribution in [1.29, 1.82) is 0 Å². The Bertz CT molecular complexity index is 1500. The number of carbonyl (C=O) groups is 6. The van der Waals surface area contributed by atoms with Gasteiger partial charge in [-0.2, -0.15) is 0 Å². The normalized spacial score (nSPS) is 22.5. The fourth-order valence-electron chi connectivity index (χ4n) is 6.78. The predicted octanol–water partition coefficient (Wildman–Crippen LogP) is 6.29. The van der Waals surface area contributed by atoms with Crippen molar-refractivity contribution in [3.8, 4) is 0 Å². The van der Waals surface area contributed by atoms with Gasteiger partial charge in [0, 0.05) is 42.8 Å². The second-order valence-electron chi connectivity index (χ2n) is 15.0. The van der Waals surface area contributed by atoms with Gasteiger partial charge in [-0.1, -0.05) is 74.5 Å². The zero-order valence-electron chi connectivity index (χ0n) is 34.3. The van der Waals surface area contributed by atoms with Gasteiger partial charge in [-0.05, 0) is 82.9 Å². The molecule has 3 saturated heterocycles. The Kier molecular flexibility index (Phi) is 22.2. The Balaban J connectivity index is 0.000000286. The molecule has 6 atom stereocenters. The number of amides is 4. The molecule has 0 aromatic heterocycles. The second kappa shape index (κ2) is 26.2. The average Bonchev–Trinajstić information content (AvgIpc) is 3.20. The first-order chi connectivity index (χ1) is 27.5. The third kappa shape index (κ3) is 17.7. The lowest BCUT2D eigenvalue weighted by atomic mass is 9.90. The number of carboxylic acid groups (broad SMARTS) is 1. The van der Waals surface area contributed by atoms with Crippen LogP contribution in [-0.4, -0.2) is 94.7 Å². The Labute approximate surface area is 347 Å². The summed E-state index contributed by atoms with van der Waals surface area (Å²) in [5.74, 6) is -1.75. The standard InChI is InChI=1S/C15H20N2O3.C15H19NO4.C7H14N2O.C5H9ClO2/c1-11-13(14(16)18)8-5-9-17(11)15(19)20-10-12-6-3-2-4-7-12;1-11-13(14(17)18)8-5-9-16(11)15(19)20-10-12-6-3-2-4-7-12;1-5-6(7(8)10)3-2-4-9-5;1-4(2)3-8-5(6)7/h2-4,6-7,11,13H,5,8-10H2,1H3,(H2,16,18);2-4,6-7,11,13H,5,8-10H2,1H3,(H,17,18);5-6,9H,2-4H2,1H3,(H2,8,10);4H,3H2,1-2H3. The monoisotopic (exact) mass is 831 g/mol. The van der Waals surface area contributed by atoms with Gasteiger partial charge >= 0.3 is 23.6 Å². The summed E-state index contributed by atoms with van der Waals surface area (Å²) >= 11 is 4.86. The van der Waals surface area contributed by atoms with Crippen LogP contribution in [0.1, 0.15) is 84.3 Å². The molecule has 0 aliphatic carbocycles. The molecule has 3 fully saturated rings. The number of primary amides is 2. The van der Waals surface area contributed by atoms with E-state index < -0.39 is 23.4 Å². The SMILES string of the molecule is CC(C)COC(=O)Cl.CC1C(C(=O)O)CCCN1C(=O)OCc1ccccc1.CC1C(C(N)=O)CCCN1C(=O)OCc1ccccc1.CC1NCCCC1C(N)=O. The molecular weight excluding hydrogens is 770 g/mol. The predicted molar refractivity (Wildman–Crippen MR) is 219 cm³/mol. The topological polar surface area (TPSA) is 221 Å². The van der Waals surface area contributed by atoms with E-state index in [0.29, 0.717) is 38.5 Å². The molecule has 5 rings (SSSR count). The van der Waals surface area contributed by atoms with E-state index in [1.807, 2.05) is 88.4 Å². The lowest BCUT2D eigenvalue weighted by Crippen LogP contribution is -2.50. The number of hydrogen-bond donors (Lipinski definition) is 4. The number of carboxylic acids is 1. The van der Waals surface area contributed by atoms with Crippen LogP contribution < -0.4 is 16.8 Å². The molecule has 15 nitrogen and oxygen atoms in total. The summed E-state index contributed by atoms with van der Waals surface area (Å²) in [7, 11) is 0. The Morgan fingerprint density at radius 2 is 1.14 bits per heavy atom. The molecule has 322 valence electrons. The quantitative estimate of drug-likeness (QED) is 0.162. The van der Waals surface area contributed by atoms with Crippen molar-refractivity contribution in [2.45, 2.75) is 104 Å². The summed E-state index contributed by atoms with van der Waals surface area (Å²) in [5.41, 5.74) is 11.7. The zero-order chi connectivity index (χ0) is 43.2. The summed E-state index contributed by atoms with van der Waals surface area (Å²) in [5, 5.41) is 12.3. The van der Waals surface area contributed by atoms with E-state index in [2.05, 4.69) is 10.1 Å². The summed E-state index contributed by atoms with van der Waals surface area (Å²) in [6.45, 7) is 12.5. The van der Waals surface area contributed by atoms with Gasteiger partial charge in [-0.15, -0.1) is 0 Å². The van der Waals surface area contributed by atoms with Crippen LogP contribution in [-0.2, 0) is 41.8 Å². The number of likely N-dealkylation sites (tertiary alicyclic amines) is 2. The zero-order valence-corrected chi connectivity index (χ0v) is 35.1. The molecule has 6 unspecified atom stereocenters. The number of ether oxygens (including phenoxy) is 3. The van der Waals surface area contributed by atoms with Crippen LogP contribution in [0.25, 0.3) is 0 Å². The van der Waals surface area contributed by atoms with Gasteiger partial charge in [-0.3, -0.25) is 14.4 Å². The van der Waals surface area contributed by atoms with Gasteiger partial charge in [0.05, 0.1) is 24.4 Å². The number of nitrogens with zero attached hydrogens (tertiary/aromatic N) is 2. The minimum atomic E-state index is -0.849. The van der Waals surface area contributed by atoms with Crippen molar-refractivity contribution in [2.75, 3.05) is 26.2 Å². The lowest BCUT2D eigenvalue weighted by Gasteiger charge is -2.37. The molecular formula is C42H62ClN5O10. The number of aliphatic carboxylic acids is 1. The Morgan fingerprint density at radius 1 is 0.707 bits per heavy atom. The highest BCUT2D eigenvalue weighted by atomic mass is 35.5. The Hall–Kier alpha value is -4.89. The van der Waals surface area contributed by atoms with E-state index in [4.69, 9.17) is 37.6 Å². The van der Waals surface area contributed by atoms with Crippen LogP contribution in [0.5, 0.6) is 0 Å². The molecule has 2 aromatic carbocycles. The van der Waals surface area contributed by atoms with E-state index in [1.165, 1.54) is 4.90 Å². The van der Waals surface area contributed by atoms with Crippen LogP contribution in [0.3, 0.4) is 0 Å². The summed E-state index contributed by atoms with van der Waals surface area (Å²) in [6.07, 6.45) is 4.01. The Morgan fingerprint density at radius 3 is 1.50 bits per heavy atom. The molecule has 0 radical (unpaired) electrons. The maximum atomic E-state index is 12.1. The van der Waals surface area contributed by atoms with E-state index >= 15 is 0 Å². The van der Waals surface area contributed by atoms with Gasteiger partial charge in [0.2, 0.25) is 11.8 Å². The van der Waals surface area contributed by atoms with Crippen molar-refractivity contribution in [2.24, 2.45) is 35.1 Å². The van der Waals surface area contributed by atoms with E-state index in [0.717, 1.165) is 43.4 Å². The van der Waals surface area contributed by atoms with Gasteiger partial charge in [0.1, 0.15) is 13.2 Å². The summed E-state index contributed by atoms with van der Waals surface area (Å²) in [4.78, 5) is 70.4. The molecule has 16 heteroatoms. The smallest absolute Gasteiger partial charge is 0.410 e. The highest BCUT2D eigenvalue weighted by Gasteiger charge is 2.37. The van der Waals surface area contributed by atoms with Crippen LogP contribution in [0.4, 0.5) is 14.4 Å². The number of hydrogen-bond acceptors (Lipinski definition) is 10. The van der Waals surface area contributed by atoms with Crippen molar-refractivity contribution >= 4 is 47.0 Å². The number of halogens is 1. The first kappa shape index (κ1) is 49.3. The first-order valence-corrected chi connectivity index (χ1v) is 20.2. The molecule has 0 bridgehead atoms. The molecule has 0 spiro atoms. The molecule has 2 aromatic rings. The van der Waals surface area contributed by atoms with Crippen molar-refractivity contribution in [3.63, 3.8) is 0 Å². The largest absolute Gasteiger partial charge is 0.481 e. The van der Waals surface area contributed by atoms with Crippen LogP contribution >= 0.6 is 11.6 Å². The van der Waals surface area contributed by atoms with Crippen molar-refractivity contribution in [3.05, 3.63) is 71.8 Å². The van der Waals surface area contributed by atoms with Gasteiger partial charge in [0.15, 0.2) is 0 Å². The fraction of sp³-hybridized carbons (Fsp3) is 0.571. The minimum absolute atomic E-state index is 0.0498. The molecule has 3 aliphatic heterocycles. The molecule has 4 amide bonds. The molecule has 3 aliphatic rings. The van der Waals surface area contributed by atoms with Gasteiger partial charge in [-0.25, -0.2) is 14.4 Å². The summed E-state index contributed by atoms with van der Waals surface area (Å²) < 4.78 is 15.0. The second-order valence-corrected chi connectivity index (χ2v) is 15.3. The van der Waals surface area contributed by atoms with Gasteiger partial charge < -0.3 is 45.9 Å². The van der Waals surface area contributed by atoms with Crippen LogP contribution in [0, 0.1) is 23.7 Å². The first-order valence-electron chi connectivity index (χ1n) is 19.8. The summed E-state index contributed by atoms with van der Waals surface area (Å²) in [6, 6.07) is 18.7. The number of nitrogens with one attached hydrogen (secondary N) is 1. The van der Waals surface area contributed by atoms with E-state index in [-0.39, 0.29) is 61.1 Å². The minimum Gasteiger partial charge on any atom is -0.481 e. The van der Waals surface area contributed by atoms with Crippen molar-refractivity contribution in [1.82, 2.24) is 15.1 Å². The number of carbonyl (C=O) groups excluding carboxylic acids is 5. The van der Waals surface area contributed by atoms with Crippen LogP contribution in [0.2, 0.25) is 0 Å². The number of piperidine rings is 3. The number of nitrogens with two attached hydrogens (primary N) is 2. The fourth-order valence-corrected chi connectivity index (χ4v) is 6.84. The molecule has 58 heavy (non-hydrogen) atoms. The maximum absolute atomic E-state index is 12.1. The third-order valence-corrected chi connectivity index (χ3v) is 10.3. The molecule has 6 N–H and O–H groups in total. The third-order valence-electron chi connectivity index (χ3n) is 10.2. The van der Waals surface area contributed by atoms with Crippen molar-refractivity contribution < 1.29 is 48.1 Å². The highest BCUT2D eigenvalue weighted by Crippen LogP contribution is 2.25. The lowest BCUT2D eigenvalue weighted by molar-refractivity contribution is -0.145. The molecule has 3 heterocycles. The average molecular weight is 832 g/mol. The van der Waals surface area contributed by atoms with E-state index in [1.54, 1.807) is 11.8 Å². The number of rotatable bonds is 9. The van der Waals surface area contributed by atoms with Gasteiger partial charge in [0.25, 0.3) is 0 Å². The molecule has 0 saturated carbocycles. The van der Waals surface area contributed by atoms with E-state index in [9.17, 15) is 28.8 Å². The van der Waals surface area contributed by atoms with Crippen LogP contribution in [0.15, 0.2) is 60.7 Å². The number of benzene rings is 2. The highest BCUT2D eigenvalue weighted by molar-refractivity contribution is 6.61. The maximum Gasteiger partial charge on any atom is 0.410 e.